The molecule has 2 heterocycles. The van der Waals surface area contributed by atoms with Gasteiger partial charge in [-0.15, -0.1) is 5.10 Å². The van der Waals surface area contributed by atoms with Crippen LogP contribution in [-0.2, 0) is 11.8 Å². The number of rotatable bonds is 7. The number of thioether (sulfide) groups is 1. The molecule has 120 valence electrons. The van der Waals surface area contributed by atoms with Crippen LogP contribution in [0.4, 0.5) is 0 Å². The van der Waals surface area contributed by atoms with Crippen molar-refractivity contribution in [1.29, 1.82) is 0 Å². The topological polar surface area (TPSA) is 90.5 Å². The molecule has 22 heavy (non-hydrogen) atoms. The van der Waals surface area contributed by atoms with Gasteiger partial charge in [0, 0.05) is 37.7 Å². The molecule has 2 aromatic heterocycles. The molecule has 0 spiro atoms. The monoisotopic (exact) mass is 323 g/mol. The number of aromatic nitrogens is 6. The Morgan fingerprint density at radius 2 is 2.18 bits per heavy atom. The van der Waals surface area contributed by atoms with Gasteiger partial charge in [0.1, 0.15) is 11.9 Å². The average Bonchev–Trinajstić information content (AvgIpc) is 3.11. The standard InChI is InChI=1S/C13H21N7OS/c1-9(2)11-14-5-7-20(11)10(3)12(21)15-6-8-22-13-16-17-18-19(13)4/h5,7,9-10H,6,8H2,1-4H3,(H,15,21)/t10-/m0/s1. The zero-order valence-corrected chi connectivity index (χ0v) is 14.0. The number of aryl methyl sites for hydroxylation is 1. The number of carbonyl (C=O) groups excluding carboxylic acids is 1. The number of carbonyl (C=O) groups is 1. The third-order valence-corrected chi connectivity index (χ3v) is 4.24. The number of hydrogen-bond donors (Lipinski definition) is 1. The maximum absolute atomic E-state index is 12.2. The second kappa shape index (κ2) is 7.39. The number of nitrogens with one attached hydrogen (secondary N) is 1. The Balaban J connectivity index is 1.82. The molecule has 0 saturated carbocycles. The highest BCUT2D eigenvalue weighted by Gasteiger charge is 2.18. The van der Waals surface area contributed by atoms with Crippen LogP contribution < -0.4 is 5.32 Å². The Kier molecular flexibility index (Phi) is 5.53. The molecule has 2 rings (SSSR count). The molecule has 1 atom stereocenters. The van der Waals surface area contributed by atoms with Gasteiger partial charge < -0.3 is 9.88 Å². The van der Waals surface area contributed by atoms with Gasteiger partial charge in [-0.05, 0) is 17.4 Å². The van der Waals surface area contributed by atoms with Gasteiger partial charge in [-0.1, -0.05) is 25.6 Å². The fourth-order valence-corrected chi connectivity index (χ4v) is 2.74. The summed E-state index contributed by atoms with van der Waals surface area (Å²) < 4.78 is 3.52. The molecule has 1 N–H and O–H groups in total. The van der Waals surface area contributed by atoms with E-state index < -0.39 is 0 Å². The fourth-order valence-electron chi connectivity index (χ4n) is 2.03. The van der Waals surface area contributed by atoms with Crippen LogP contribution in [0.1, 0.15) is 38.6 Å². The van der Waals surface area contributed by atoms with Crippen LogP contribution in [0.5, 0.6) is 0 Å². The molecule has 0 radical (unpaired) electrons. The Morgan fingerprint density at radius 1 is 1.41 bits per heavy atom. The van der Waals surface area contributed by atoms with Crippen LogP contribution in [0, 0.1) is 0 Å². The first kappa shape index (κ1) is 16.5. The molecule has 0 aliphatic rings. The molecule has 9 heteroatoms. The van der Waals surface area contributed by atoms with Crippen LogP contribution >= 0.6 is 11.8 Å². The van der Waals surface area contributed by atoms with Gasteiger partial charge in [0.15, 0.2) is 0 Å². The lowest BCUT2D eigenvalue weighted by molar-refractivity contribution is -0.123. The predicted octanol–water partition coefficient (Wildman–Crippen LogP) is 0.999. The molecule has 0 aliphatic heterocycles. The third kappa shape index (κ3) is 3.85. The van der Waals surface area contributed by atoms with E-state index in [1.165, 1.54) is 11.8 Å². The fraction of sp³-hybridized carbons (Fsp3) is 0.615. The summed E-state index contributed by atoms with van der Waals surface area (Å²) in [4.78, 5) is 16.5. The summed E-state index contributed by atoms with van der Waals surface area (Å²) in [5.74, 6) is 1.90. The molecule has 0 saturated heterocycles. The van der Waals surface area contributed by atoms with Crippen molar-refractivity contribution in [2.24, 2.45) is 7.05 Å². The Labute approximate surface area is 133 Å². The zero-order chi connectivity index (χ0) is 16.1. The highest BCUT2D eigenvalue weighted by Crippen LogP contribution is 2.17. The first-order chi connectivity index (χ1) is 10.5. The lowest BCUT2D eigenvalue weighted by Crippen LogP contribution is -2.33. The van der Waals surface area contributed by atoms with Crippen molar-refractivity contribution in [2.75, 3.05) is 12.3 Å². The molecule has 0 aliphatic carbocycles. The van der Waals surface area contributed by atoms with Gasteiger partial charge in [0.05, 0.1) is 0 Å². The van der Waals surface area contributed by atoms with Gasteiger partial charge in [-0.2, -0.15) is 0 Å². The summed E-state index contributed by atoms with van der Waals surface area (Å²) in [5.41, 5.74) is 0. The van der Waals surface area contributed by atoms with E-state index in [0.717, 1.165) is 11.0 Å². The van der Waals surface area contributed by atoms with E-state index in [0.29, 0.717) is 12.3 Å². The molecule has 2 aromatic rings. The summed E-state index contributed by atoms with van der Waals surface area (Å²) >= 11 is 1.51. The van der Waals surface area contributed by atoms with Gasteiger partial charge in [0.25, 0.3) is 0 Å². The van der Waals surface area contributed by atoms with E-state index in [9.17, 15) is 4.79 Å². The third-order valence-electron chi connectivity index (χ3n) is 3.23. The van der Waals surface area contributed by atoms with Crippen LogP contribution in [-0.4, -0.2) is 48.0 Å². The highest BCUT2D eigenvalue weighted by atomic mass is 32.2. The van der Waals surface area contributed by atoms with Crippen LogP contribution in [0.15, 0.2) is 17.6 Å². The average molecular weight is 323 g/mol. The first-order valence-corrected chi connectivity index (χ1v) is 8.15. The summed E-state index contributed by atoms with van der Waals surface area (Å²) in [5, 5.41) is 14.9. The quantitative estimate of drug-likeness (QED) is 0.604. The van der Waals surface area contributed by atoms with Crippen molar-refractivity contribution < 1.29 is 4.79 Å². The van der Waals surface area contributed by atoms with Crippen molar-refractivity contribution in [2.45, 2.75) is 37.9 Å². The lowest BCUT2D eigenvalue weighted by atomic mass is 10.2. The summed E-state index contributed by atoms with van der Waals surface area (Å²) in [6.45, 7) is 6.57. The van der Waals surface area contributed by atoms with Gasteiger partial charge in [0.2, 0.25) is 11.1 Å². The van der Waals surface area contributed by atoms with Crippen molar-refractivity contribution in [3.05, 3.63) is 18.2 Å². The largest absolute Gasteiger partial charge is 0.353 e. The maximum atomic E-state index is 12.2. The summed E-state index contributed by atoms with van der Waals surface area (Å²) in [6, 6.07) is -0.276. The molecule has 0 bridgehead atoms. The molecule has 8 nitrogen and oxygen atoms in total. The Morgan fingerprint density at radius 3 is 2.82 bits per heavy atom. The second-order valence-corrected chi connectivity index (χ2v) is 6.31. The Hall–Kier alpha value is -1.90. The number of amides is 1. The van der Waals surface area contributed by atoms with E-state index in [2.05, 4.69) is 39.7 Å². The minimum Gasteiger partial charge on any atom is -0.353 e. The number of tetrazole rings is 1. The zero-order valence-electron chi connectivity index (χ0n) is 13.2. The van der Waals surface area contributed by atoms with E-state index in [1.54, 1.807) is 17.9 Å². The van der Waals surface area contributed by atoms with Crippen molar-refractivity contribution >= 4 is 17.7 Å². The van der Waals surface area contributed by atoms with E-state index in [-0.39, 0.29) is 17.9 Å². The Bertz CT molecular complexity index is 621. The minimum absolute atomic E-state index is 0.0170. The van der Waals surface area contributed by atoms with Crippen molar-refractivity contribution in [3.8, 4) is 0 Å². The molecule has 0 unspecified atom stereocenters. The normalized spacial score (nSPS) is 12.6. The first-order valence-electron chi connectivity index (χ1n) is 7.16. The van der Waals surface area contributed by atoms with E-state index in [1.807, 2.05) is 17.7 Å². The number of imidazole rings is 1. The van der Waals surface area contributed by atoms with Crippen LogP contribution in [0.25, 0.3) is 0 Å². The van der Waals surface area contributed by atoms with Gasteiger partial charge >= 0.3 is 0 Å². The minimum atomic E-state index is -0.276. The number of nitrogens with zero attached hydrogens (tertiary/aromatic N) is 6. The van der Waals surface area contributed by atoms with Gasteiger partial charge in [-0.3, -0.25) is 4.79 Å². The van der Waals surface area contributed by atoms with E-state index >= 15 is 0 Å². The molecule has 0 aromatic carbocycles. The molecular weight excluding hydrogens is 302 g/mol. The predicted molar refractivity (Wildman–Crippen MR) is 83.6 cm³/mol. The van der Waals surface area contributed by atoms with Gasteiger partial charge in [-0.25, -0.2) is 9.67 Å². The highest BCUT2D eigenvalue weighted by molar-refractivity contribution is 7.99. The summed E-state index contributed by atoms with van der Waals surface area (Å²) in [6.07, 6.45) is 3.58. The van der Waals surface area contributed by atoms with Crippen LogP contribution in [0.3, 0.4) is 0 Å². The smallest absolute Gasteiger partial charge is 0.242 e. The van der Waals surface area contributed by atoms with Crippen molar-refractivity contribution in [3.63, 3.8) is 0 Å². The SMILES string of the molecule is CC(C)c1nccn1[C@@H](C)C(=O)NCCSc1nnnn1C. The molecule has 0 fully saturated rings. The van der Waals surface area contributed by atoms with E-state index in [4.69, 9.17) is 0 Å². The molecular formula is C13H21N7OS. The number of hydrogen-bond acceptors (Lipinski definition) is 6. The maximum Gasteiger partial charge on any atom is 0.242 e. The second-order valence-electron chi connectivity index (χ2n) is 5.25. The molecule has 1 amide bonds. The lowest BCUT2D eigenvalue weighted by Gasteiger charge is -2.17. The van der Waals surface area contributed by atoms with Crippen molar-refractivity contribution in [1.82, 2.24) is 35.1 Å². The summed E-state index contributed by atoms with van der Waals surface area (Å²) in [7, 11) is 1.79. The van der Waals surface area contributed by atoms with Crippen LogP contribution in [0.2, 0.25) is 0 Å².